The average molecular weight is 296 g/mol. The molecule has 126 valence electrons. The van der Waals surface area contributed by atoms with E-state index in [1.807, 2.05) is 0 Å². The number of rotatable bonds is 9. The van der Waals surface area contributed by atoms with Crippen molar-refractivity contribution in [2.45, 2.75) is 91.9 Å². The van der Waals surface area contributed by atoms with Gasteiger partial charge in [0.1, 0.15) is 0 Å². The molecule has 1 aliphatic rings. The Hall–Kier alpha value is -0.0400. The topological polar surface area (TPSA) is 12.0 Å². The Morgan fingerprint density at radius 1 is 0.905 bits per heavy atom. The van der Waals surface area contributed by atoms with E-state index in [1.165, 1.54) is 70.8 Å². The van der Waals surface area contributed by atoms with Crippen LogP contribution in [-0.4, -0.2) is 13.6 Å². The van der Waals surface area contributed by atoms with Crippen LogP contribution in [0.4, 0.5) is 0 Å². The van der Waals surface area contributed by atoms with Crippen molar-refractivity contribution in [3.63, 3.8) is 0 Å². The first-order chi connectivity index (χ1) is 9.99. The molecule has 0 aromatic rings. The fourth-order valence-electron chi connectivity index (χ4n) is 4.18. The molecule has 3 unspecified atom stereocenters. The maximum Gasteiger partial charge on any atom is -0.00209 e. The van der Waals surface area contributed by atoms with Crippen LogP contribution in [0.15, 0.2) is 0 Å². The van der Waals surface area contributed by atoms with E-state index in [0.29, 0.717) is 5.41 Å². The quantitative estimate of drug-likeness (QED) is 0.512. The first-order valence-corrected chi connectivity index (χ1v) is 9.63. The standard InChI is InChI=1S/C20H41N/c1-6-7-8-9-10-11-12-17-15-19(20(2,3)4)14-13-18(17)16-21-5/h17-19,21H,6-16H2,1-5H3. The molecule has 1 rings (SSSR count). The minimum Gasteiger partial charge on any atom is -0.319 e. The number of hydrogen-bond acceptors (Lipinski definition) is 1. The maximum atomic E-state index is 3.44. The van der Waals surface area contributed by atoms with Gasteiger partial charge in [0, 0.05) is 0 Å². The summed E-state index contributed by atoms with van der Waals surface area (Å²) in [7, 11) is 2.12. The first kappa shape index (κ1) is 19.0. The molecule has 0 radical (unpaired) electrons. The SMILES string of the molecule is CCCCCCCCC1CC(C(C)(C)C)CCC1CNC. The zero-order chi connectivity index (χ0) is 15.7. The van der Waals surface area contributed by atoms with Gasteiger partial charge in [-0.05, 0) is 56.0 Å². The lowest BCUT2D eigenvalue weighted by Crippen LogP contribution is -2.35. The summed E-state index contributed by atoms with van der Waals surface area (Å²) in [5.74, 6) is 2.85. The van der Waals surface area contributed by atoms with Crippen LogP contribution in [0.1, 0.15) is 91.9 Å². The van der Waals surface area contributed by atoms with Crippen LogP contribution in [0.5, 0.6) is 0 Å². The third-order valence-corrected chi connectivity index (χ3v) is 5.76. The van der Waals surface area contributed by atoms with Crippen LogP contribution in [0, 0.1) is 23.2 Å². The van der Waals surface area contributed by atoms with Crippen LogP contribution in [0.25, 0.3) is 0 Å². The van der Waals surface area contributed by atoms with Gasteiger partial charge in [0.15, 0.2) is 0 Å². The van der Waals surface area contributed by atoms with E-state index < -0.39 is 0 Å². The van der Waals surface area contributed by atoms with E-state index in [4.69, 9.17) is 0 Å². The van der Waals surface area contributed by atoms with Crippen molar-refractivity contribution >= 4 is 0 Å². The van der Waals surface area contributed by atoms with Gasteiger partial charge in [-0.25, -0.2) is 0 Å². The highest BCUT2D eigenvalue weighted by Gasteiger charge is 2.35. The van der Waals surface area contributed by atoms with Crippen LogP contribution >= 0.6 is 0 Å². The van der Waals surface area contributed by atoms with Gasteiger partial charge >= 0.3 is 0 Å². The highest BCUT2D eigenvalue weighted by Crippen LogP contribution is 2.44. The molecule has 0 aromatic heterocycles. The summed E-state index contributed by atoms with van der Waals surface area (Å²) in [6, 6.07) is 0. The van der Waals surface area contributed by atoms with Gasteiger partial charge in [0.05, 0.1) is 0 Å². The predicted octanol–water partition coefficient (Wildman–Crippen LogP) is 6.04. The van der Waals surface area contributed by atoms with Crippen molar-refractivity contribution in [1.29, 1.82) is 0 Å². The third kappa shape index (κ3) is 7.17. The molecule has 1 fully saturated rings. The van der Waals surface area contributed by atoms with Crippen LogP contribution in [0.2, 0.25) is 0 Å². The summed E-state index contributed by atoms with van der Waals surface area (Å²) in [5.41, 5.74) is 0.504. The lowest BCUT2D eigenvalue weighted by atomic mass is 9.64. The molecule has 1 nitrogen and oxygen atoms in total. The van der Waals surface area contributed by atoms with Crippen molar-refractivity contribution in [3.05, 3.63) is 0 Å². The van der Waals surface area contributed by atoms with Gasteiger partial charge in [-0.15, -0.1) is 0 Å². The molecule has 0 aliphatic heterocycles. The molecule has 0 bridgehead atoms. The van der Waals surface area contributed by atoms with Crippen molar-refractivity contribution in [1.82, 2.24) is 5.32 Å². The highest BCUT2D eigenvalue weighted by molar-refractivity contribution is 4.86. The predicted molar refractivity (Wildman–Crippen MR) is 95.7 cm³/mol. The van der Waals surface area contributed by atoms with Gasteiger partial charge in [-0.2, -0.15) is 0 Å². The van der Waals surface area contributed by atoms with E-state index in [2.05, 4.69) is 40.1 Å². The lowest BCUT2D eigenvalue weighted by molar-refractivity contribution is 0.0919. The molecular weight excluding hydrogens is 254 g/mol. The first-order valence-electron chi connectivity index (χ1n) is 9.63. The minimum atomic E-state index is 0.504. The summed E-state index contributed by atoms with van der Waals surface area (Å²) in [4.78, 5) is 0. The summed E-state index contributed by atoms with van der Waals surface area (Å²) in [5, 5.41) is 3.44. The molecule has 1 saturated carbocycles. The van der Waals surface area contributed by atoms with Crippen LogP contribution in [0.3, 0.4) is 0 Å². The van der Waals surface area contributed by atoms with E-state index >= 15 is 0 Å². The summed E-state index contributed by atoms with van der Waals surface area (Å²) in [6.07, 6.45) is 14.5. The van der Waals surface area contributed by atoms with Crippen LogP contribution < -0.4 is 5.32 Å². The molecule has 0 aromatic carbocycles. The van der Waals surface area contributed by atoms with Gasteiger partial charge in [0.2, 0.25) is 0 Å². The Balaban J connectivity index is 2.37. The molecule has 0 amide bonds. The fourth-order valence-corrected chi connectivity index (χ4v) is 4.18. The van der Waals surface area contributed by atoms with Crippen molar-refractivity contribution in [2.24, 2.45) is 23.2 Å². The van der Waals surface area contributed by atoms with Gasteiger partial charge in [0.25, 0.3) is 0 Å². The Labute approximate surface area is 134 Å². The van der Waals surface area contributed by atoms with Gasteiger partial charge in [-0.3, -0.25) is 0 Å². The lowest BCUT2D eigenvalue weighted by Gasteiger charge is -2.42. The number of hydrogen-bond donors (Lipinski definition) is 1. The molecule has 1 heteroatoms. The normalized spacial score (nSPS) is 27.0. The third-order valence-electron chi connectivity index (χ3n) is 5.76. The second-order valence-corrected chi connectivity index (χ2v) is 8.51. The average Bonchev–Trinajstić information content (AvgIpc) is 2.43. The van der Waals surface area contributed by atoms with E-state index in [-0.39, 0.29) is 0 Å². The highest BCUT2D eigenvalue weighted by atomic mass is 14.8. The Morgan fingerprint density at radius 3 is 2.19 bits per heavy atom. The van der Waals surface area contributed by atoms with E-state index in [0.717, 1.165) is 17.8 Å². The molecule has 1 aliphatic carbocycles. The fraction of sp³-hybridized carbons (Fsp3) is 1.00. The number of nitrogens with one attached hydrogen (secondary N) is 1. The summed E-state index contributed by atoms with van der Waals surface area (Å²) in [6.45, 7) is 10.9. The molecule has 0 spiro atoms. The Morgan fingerprint density at radius 2 is 1.57 bits per heavy atom. The summed E-state index contributed by atoms with van der Waals surface area (Å²) >= 11 is 0. The van der Waals surface area contributed by atoms with Gasteiger partial charge in [-0.1, -0.05) is 72.6 Å². The largest absolute Gasteiger partial charge is 0.319 e. The van der Waals surface area contributed by atoms with E-state index in [9.17, 15) is 0 Å². The number of unbranched alkanes of at least 4 members (excludes halogenated alkanes) is 5. The molecular formula is C20H41N. The molecule has 0 heterocycles. The van der Waals surface area contributed by atoms with Gasteiger partial charge < -0.3 is 5.32 Å². The molecule has 0 saturated heterocycles. The van der Waals surface area contributed by atoms with Crippen molar-refractivity contribution < 1.29 is 0 Å². The zero-order valence-corrected chi connectivity index (χ0v) is 15.5. The molecule has 1 N–H and O–H groups in total. The van der Waals surface area contributed by atoms with Crippen molar-refractivity contribution in [2.75, 3.05) is 13.6 Å². The zero-order valence-electron chi connectivity index (χ0n) is 15.5. The molecule has 3 atom stereocenters. The molecule has 21 heavy (non-hydrogen) atoms. The Bertz CT molecular complexity index is 253. The smallest absolute Gasteiger partial charge is 0.00209 e. The van der Waals surface area contributed by atoms with Crippen molar-refractivity contribution in [3.8, 4) is 0 Å². The second-order valence-electron chi connectivity index (χ2n) is 8.51. The Kier molecular flexibility index (Phi) is 8.94. The monoisotopic (exact) mass is 295 g/mol. The maximum absolute atomic E-state index is 3.44. The minimum absolute atomic E-state index is 0.504. The second kappa shape index (κ2) is 9.87. The van der Waals surface area contributed by atoms with Crippen LogP contribution in [-0.2, 0) is 0 Å². The van der Waals surface area contributed by atoms with E-state index in [1.54, 1.807) is 0 Å². The summed E-state index contributed by atoms with van der Waals surface area (Å²) < 4.78 is 0.